The number of rotatable bonds is 6. The first-order valence-corrected chi connectivity index (χ1v) is 12.6. The molecule has 3 aromatic rings. The van der Waals surface area contributed by atoms with Crippen LogP contribution in [0.25, 0.3) is 10.9 Å². The summed E-state index contributed by atoms with van der Waals surface area (Å²) in [6, 6.07) is 8.17. The van der Waals surface area contributed by atoms with E-state index in [4.69, 9.17) is 0 Å². The lowest BCUT2D eigenvalue weighted by Crippen LogP contribution is -2.51. The topological polar surface area (TPSA) is 71.3 Å². The van der Waals surface area contributed by atoms with E-state index >= 15 is 0 Å². The van der Waals surface area contributed by atoms with E-state index in [1.54, 1.807) is 18.6 Å². The third-order valence-corrected chi connectivity index (χ3v) is 7.39. The normalized spacial score (nSPS) is 16.8. The molecule has 35 heavy (non-hydrogen) atoms. The highest BCUT2D eigenvalue weighted by Crippen LogP contribution is 2.28. The first kappa shape index (κ1) is 25.2. The number of hydrogen-bond acceptors (Lipinski definition) is 4. The van der Waals surface area contributed by atoms with Crippen molar-refractivity contribution in [1.29, 1.82) is 0 Å². The molecule has 2 aliphatic rings. The van der Waals surface area contributed by atoms with Crippen LogP contribution >= 0.6 is 12.4 Å². The molecule has 1 aromatic carbocycles. The highest BCUT2D eigenvalue weighted by atomic mass is 35.5. The van der Waals surface area contributed by atoms with Crippen molar-refractivity contribution in [3.8, 4) is 0 Å². The predicted octanol–water partition coefficient (Wildman–Crippen LogP) is 4.35. The van der Waals surface area contributed by atoms with Crippen molar-refractivity contribution in [3.05, 3.63) is 60.3 Å². The lowest BCUT2D eigenvalue weighted by Gasteiger charge is -2.34. The van der Waals surface area contributed by atoms with Gasteiger partial charge in [-0.2, -0.15) is 0 Å². The van der Waals surface area contributed by atoms with Crippen molar-refractivity contribution in [1.82, 2.24) is 24.3 Å². The SMILES string of the molecule is Cl.O=C(Cc1cnccn1)N1CCN(C(=O)c2ccc3c(ccn3CCC3CCCCC3)c2)CC1. The average Bonchev–Trinajstić information content (AvgIpc) is 3.30. The molecule has 2 aromatic heterocycles. The number of nitrogens with zero attached hydrogens (tertiary/aromatic N) is 5. The van der Waals surface area contributed by atoms with Gasteiger partial charge >= 0.3 is 0 Å². The number of fused-ring (bicyclic) bond motifs is 1. The Kier molecular flexibility index (Phi) is 8.39. The molecule has 1 aliphatic carbocycles. The number of carbonyl (C=O) groups excluding carboxylic acids is 2. The minimum atomic E-state index is 0. The molecule has 186 valence electrons. The summed E-state index contributed by atoms with van der Waals surface area (Å²) in [6.45, 7) is 3.23. The minimum absolute atomic E-state index is 0. The number of carbonyl (C=O) groups is 2. The average molecular weight is 496 g/mol. The highest BCUT2D eigenvalue weighted by Gasteiger charge is 2.25. The molecule has 3 heterocycles. The lowest BCUT2D eigenvalue weighted by molar-refractivity contribution is -0.132. The zero-order valence-electron chi connectivity index (χ0n) is 20.1. The predicted molar refractivity (Wildman–Crippen MR) is 139 cm³/mol. The Morgan fingerprint density at radius 2 is 1.71 bits per heavy atom. The van der Waals surface area contributed by atoms with Gasteiger partial charge in [0.05, 0.1) is 12.1 Å². The van der Waals surface area contributed by atoms with E-state index < -0.39 is 0 Å². The van der Waals surface area contributed by atoms with E-state index in [0.717, 1.165) is 23.4 Å². The maximum absolute atomic E-state index is 13.1. The fraction of sp³-hybridized carbons (Fsp3) is 0.481. The van der Waals surface area contributed by atoms with Gasteiger partial charge in [0.2, 0.25) is 5.91 Å². The van der Waals surface area contributed by atoms with E-state index in [9.17, 15) is 9.59 Å². The van der Waals surface area contributed by atoms with Crippen LogP contribution in [0.1, 0.15) is 54.6 Å². The van der Waals surface area contributed by atoms with Crippen LogP contribution in [0.4, 0.5) is 0 Å². The molecule has 2 amide bonds. The summed E-state index contributed by atoms with van der Waals surface area (Å²) in [5.41, 5.74) is 2.59. The number of aryl methyl sites for hydroxylation is 1. The molecule has 0 atom stereocenters. The molecule has 8 heteroatoms. The van der Waals surface area contributed by atoms with Gasteiger partial charge in [0.1, 0.15) is 0 Å². The van der Waals surface area contributed by atoms with Crippen molar-refractivity contribution in [3.63, 3.8) is 0 Å². The number of hydrogen-bond donors (Lipinski definition) is 0. The van der Waals surface area contributed by atoms with Crippen LogP contribution in [-0.2, 0) is 17.8 Å². The second-order valence-corrected chi connectivity index (χ2v) is 9.62. The van der Waals surface area contributed by atoms with Gasteiger partial charge in [0, 0.05) is 74.0 Å². The summed E-state index contributed by atoms with van der Waals surface area (Å²) < 4.78 is 2.33. The molecule has 0 N–H and O–H groups in total. The van der Waals surface area contributed by atoms with E-state index in [-0.39, 0.29) is 30.6 Å². The molecule has 2 fully saturated rings. The summed E-state index contributed by atoms with van der Waals surface area (Å²) in [6.07, 6.45) is 15.4. The van der Waals surface area contributed by atoms with Crippen LogP contribution in [-0.4, -0.2) is 62.3 Å². The van der Waals surface area contributed by atoms with E-state index in [1.807, 2.05) is 21.9 Å². The van der Waals surface area contributed by atoms with Gasteiger partial charge in [0.15, 0.2) is 0 Å². The number of piperazine rings is 1. The third kappa shape index (κ3) is 6.01. The largest absolute Gasteiger partial charge is 0.347 e. The zero-order chi connectivity index (χ0) is 23.3. The summed E-state index contributed by atoms with van der Waals surface area (Å²) in [5, 5.41) is 1.12. The van der Waals surface area contributed by atoms with Crippen LogP contribution in [0.5, 0.6) is 0 Å². The second-order valence-electron chi connectivity index (χ2n) is 9.62. The molecule has 1 saturated heterocycles. The maximum Gasteiger partial charge on any atom is 0.253 e. The number of halogens is 1. The molecule has 0 spiro atoms. The third-order valence-electron chi connectivity index (χ3n) is 7.39. The van der Waals surface area contributed by atoms with E-state index in [1.165, 1.54) is 44.0 Å². The van der Waals surface area contributed by atoms with Crippen LogP contribution < -0.4 is 0 Å². The summed E-state index contributed by atoms with van der Waals surface area (Å²) in [4.78, 5) is 37.6. The summed E-state index contributed by atoms with van der Waals surface area (Å²) in [5.74, 6) is 0.930. The van der Waals surface area contributed by atoms with Gasteiger partial charge < -0.3 is 14.4 Å². The van der Waals surface area contributed by atoms with Gasteiger partial charge in [0.25, 0.3) is 5.91 Å². The quantitative estimate of drug-likeness (QED) is 0.509. The molecular weight excluding hydrogens is 462 g/mol. The Labute approximate surface area is 212 Å². The van der Waals surface area contributed by atoms with Gasteiger partial charge in [-0.15, -0.1) is 12.4 Å². The van der Waals surface area contributed by atoms with Gasteiger partial charge in [-0.05, 0) is 36.6 Å². The monoisotopic (exact) mass is 495 g/mol. The Balaban J connectivity index is 0.00000289. The Bertz CT molecular complexity index is 1130. The van der Waals surface area contributed by atoms with Gasteiger partial charge in [-0.3, -0.25) is 19.6 Å². The van der Waals surface area contributed by atoms with Crippen molar-refractivity contribution in [2.45, 2.75) is 51.5 Å². The number of aromatic nitrogens is 3. The lowest BCUT2D eigenvalue weighted by atomic mass is 9.87. The van der Waals surface area contributed by atoms with Crippen molar-refractivity contribution < 1.29 is 9.59 Å². The Morgan fingerprint density at radius 1 is 0.943 bits per heavy atom. The van der Waals surface area contributed by atoms with Gasteiger partial charge in [-0.1, -0.05) is 32.1 Å². The molecular formula is C27H34ClN5O2. The van der Waals surface area contributed by atoms with Crippen LogP contribution in [0.3, 0.4) is 0 Å². The molecule has 1 aliphatic heterocycles. The fourth-order valence-electron chi connectivity index (χ4n) is 5.36. The summed E-state index contributed by atoms with van der Waals surface area (Å²) >= 11 is 0. The molecule has 1 saturated carbocycles. The second kappa shape index (κ2) is 11.7. The molecule has 0 unspecified atom stereocenters. The van der Waals surface area contributed by atoms with Crippen molar-refractivity contribution in [2.24, 2.45) is 5.92 Å². The molecule has 5 rings (SSSR count). The minimum Gasteiger partial charge on any atom is -0.347 e. The highest BCUT2D eigenvalue weighted by molar-refractivity contribution is 5.98. The Hall–Kier alpha value is -2.93. The first-order chi connectivity index (χ1) is 16.7. The van der Waals surface area contributed by atoms with Gasteiger partial charge in [-0.25, -0.2) is 0 Å². The molecule has 0 bridgehead atoms. The standard InChI is InChI=1S/C27H33N5O2.ClH/c33-26(19-24-20-28-10-11-29-24)31-14-16-32(17-15-31)27(34)23-6-7-25-22(18-23)9-13-30(25)12-8-21-4-2-1-3-5-21;/h6-7,9-11,13,18,20-21H,1-5,8,12,14-17,19H2;1H. The number of benzene rings is 1. The smallest absolute Gasteiger partial charge is 0.253 e. The van der Waals surface area contributed by atoms with Crippen LogP contribution in [0.15, 0.2) is 49.1 Å². The fourth-order valence-corrected chi connectivity index (χ4v) is 5.36. The zero-order valence-corrected chi connectivity index (χ0v) is 21.0. The summed E-state index contributed by atoms with van der Waals surface area (Å²) in [7, 11) is 0. The van der Waals surface area contributed by atoms with Crippen molar-refractivity contribution in [2.75, 3.05) is 26.2 Å². The number of amides is 2. The van der Waals surface area contributed by atoms with Crippen molar-refractivity contribution >= 4 is 35.1 Å². The van der Waals surface area contributed by atoms with Crippen LogP contribution in [0.2, 0.25) is 0 Å². The Morgan fingerprint density at radius 3 is 2.46 bits per heavy atom. The van der Waals surface area contributed by atoms with E-state index in [0.29, 0.717) is 31.9 Å². The molecule has 0 radical (unpaired) electrons. The first-order valence-electron chi connectivity index (χ1n) is 12.6. The van der Waals surface area contributed by atoms with Crippen LogP contribution in [0, 0.1) is 5.92 Å². The van der Waals surface area contributed by atoms with E-state index in [2.05, 4.69) is 32.9 Å². The molecule has 7 nitrogen and oxygen atoms in total. The maximum atomic E-state index is 13.1.